The van der Waals surface area contributed by atoms with E-state index in [1.807, 2.05) is 6.07 Å². The van der Waals surface area contributed by atoms with Crippen LogP contribution in [0.5, 0.6) is 0 Å². The molecule has 0 aliphatic rings. The van der Waals surface area contributed by atoms with Gasteiger partial charge in [-0.2, -0.15) is 0 Å². The van der Waals surface area contributed by atoms with Gasteiger partial charge in [-0.1, -0.05) is 39.8 Å². The molecule has 0 aliphatic carbocycles. The van der Waals surface area contributed by atoms with E-state index in [9.17, 15) is 9.90 Å². The summed E-state index contributed by atoms with van der Waals surface area (Å²) in [5.41, 5.74) is 2.69. The molecule has 0 amide bonds. The first-order chi connectivity index (χ1) is 8.02. The van der Waals surface area contributed by atoms with Gasteiger partial charge in [-0.3, -0.25) is 0 Å². The first-order valence-corrected chi connectivity index (χ1v) is 6.38. The van der Waals surface area contributed by atoms with E-state index in [0.717, 1.165) is 18.4 Å². The van der Waals surface area contributed by atoms with E-state index < -0.39 is 5.97 Å². The number of benzene rings is 1. The molecule has 0 aromatic heterocycles. The van der Waals surface area contributed by atoms with Crippen LogP contribution in [-0.4, -0.2) is 11.1 Å². The fraction of sp³-hybridized carbons (Fsp3) is 0.533. The van der Waals surface area contributed by atoms with E-state index in [0.29, 0.717) is 17.4 Å². The van der Waals surface area contributed by atoms with E-state index in [4.69, 9.17) is 0 Å². The van der Waals surface area contributed by atoms with Gasteiger partial charge in [0.05, 0.1) is 5.56 Å². The normalized spacial score (nSPS) is 14.4. The van der Waals surface area contributed by atoms with Gasteiger partial charge in [-0.05, 0) is 41.9 Å². The van der Waals surface area contributed by atoms with Crippen LogP contribution in [0.1, 0.15) is 73.9 Å². The molecule has 0 spiro atoms. The van der Waals surface area contributed by atoms with Crippen LogP contribution in [0.3, 0.4) is 0 Å². The van der Waals surface area contributed by atoms with Gasteiger partial charge in [-0.25, -0.2) is 4.79 Å². The zero-order valence-corrected chi connectivity index (χ0v) is 11.2. The molecule has 2 unspecified atom stereocenters. The summed E-state index contributed by atoms with van der Waals surface area (Å²) in [6.07, 6.45) is 2.00. The number of carbonyl (C=O) groups is 1. The van der Waals surface area contributed by atoms with Gasteiger partial charge < -0.3 is 5.11 Å². The Hall–Kier alpha value is -1.31. The van der Waals surface area contributed by atoms with Gasteiger partial charge in [-0.15, -0.1) is 0 Å². The summed E-state index contributed by atoms with van der Waals surface area (Å²) in [5.74, 6) is -0.102. The molecule has 2 atom stereocenters. The highest BCUT2D eigenvalue weighted by Gasteiger charge is 2.20. The standard InChI is InChI=1S/C15H22O2/c1-5-10(3)12-8-7-9-13(15(16)17)14(12)11(4)6-2/h7-11H,5-6H2,1-4H3,(H,16,17). The molecular weight excluding hydrogens is 212 g/mol. The Bertz CT molecular complexity index is 396. The van der Waals surface area contributed by atoms with Crippen LogP contribution >= 0.6 is 0 Å². The zero-order chi connectivity index (χ0) is 13.0. The van der Waals surface area contributed by atoms with E-state index >= 15 is 0 Å². The topological polar surface area (TPSA) is 37.3 Å². The third-order valence-corrected chi connectivity index (χ3v) is 3.62. The molecule has 17 heavy (non-hydrogen) atoms. The number of hydrogen-bond acceptors (Lipinski definition) is 1. The number of carboxylic acid groups (broad SMARTS) is 1. The predicted octanol–water partition coefficient (Wildman–Crippen LogP) is 4.41. The maximum absolute atomic E-state index is 11.3. The molecule has 2 nitrogen and oxygen atoms in total. The van der Waals surface area contributed by atoms with Crippen molar-refractivity contribution in [1.82, 2.24) is 0 Å². The third-order valence-electron chi connectivity index (χ3n) is 3.62. The largest absolute Gasteiger partial charge is 0.478 e. The van der Waals surface area contributed by atoms with Crippen LogP contribution in [0.25, 0.3) is 0 Å². The number of rotatable bonds is 5. The van der Waals surface area contributed by atoms with Gasteiger partial charge in [0.25, 0.3) is 0 Å². The summed E-state index contributed by atoms with van der Waals surface area (Å²) in [6, 6.07) is 5.65. The highest BCUT2D eigenvalue weighted by atomic mass is 16.4. The van der Waals surface area contributed by atoms with Crippen LogP contribution in [-0.2, 0) is 0 Å². The van der Waals surface area contributed by atoms with Gasteiger partial charge in [0.15, 0.2) is 0 Å². The van der Waals surface area contributed by atoms with E-state index in [1.165, 1.54) is 5.56 Å². The lowest BCUT2D eigenvalue weighted by atomic mass is 9.83. The lowest BCUT2D eigenvalue weighted by Crippen LogP contribution is -2.10. The Kier molecular flexibility index (Phi) is 4.73. The average molecular weight is 234 g/mol. The van der Waals surface area contributed by atoms with Gasteiger partial charge in [0.1, 0.15) is 0 Å². The Morgan fingerprint density at radius 1 is 1.18 bits per heavy atom. The number of carboxylic acids is 1. The predicted molar refractivity (Wildman–Crippen MR) is 70.8 cm³/mol. The monoisotopic (exact) mass is 234 g/mol. The van der Waals surface area contributed by atoms with Crippen molar-refractivity contribution >= 4 is 5.97 Å². The molecule has 1 N–H and O–H groups in total. The van der Waals surface area contributed by atoms with Gasteiger partial charge >= 0.3 is 5.97 Å². The highest BCUT2D eigenvalue weighted by molar-refractivity contribution is 5.90. The van der Waals surface area contributed by atoms with Crippen LogP contribution in [0.2, 0.25) is 0 Å². The van der Waals surface area contributed by atoms with Crippen LogP contribution in [0.4, 0.5) is 0 Å². The Labute approximate surface area is 104 Å². The SMILES string of the molecule is CCC(C)c1cccc(C(=O)O)c1C(C)CC. The second kappa shape index (κ2) is 5.85. The smallest absolute Gasteiger partial charge is 0.335 e. The Morgan fingerprint density at radius 3 is 2.24 bits per heavy atom. The van der Waals surface area contributed by atoms with E-state index in [-0.39, 0.29) is 0 Å². The van der Waals surface area contributed by atoms with Crippen molar-refractivity contribution in [3.05, 3.63) is 34.9 Å². The molecule has 2 heteroatoms. The van der Waals surface area contributed by atoms with Crippen molar-refractivity contribution in [3.63, 3.8) is 0 Å². The molecule has 0 radical (unpaired) electrons. The van der Waals surface area contributed by atoms with Crippen molar-refractivity contribution < 1.29 is 9.90 Å². The summed E-state index contributed by atoms with van der Waals surface area (Å²) in [5, 5.41) is 9.29. The first kappa shape index (κ1) is 13.8. The maximum Gasteiger partial charge on any atom is 0.335 e. The Balaban J connectivity index is 3.39. The molecular formula is C15H22O2. The minimum Gasteiger partial charge on any atom is -0.478 e. The summed E-state index contributed by atoms with van der Waals surface area (Å²) in [4.78, 5) is 11.3. The summed E-state index contributed by atoms with van der Waals surface area (Å²) in [7, 11) is 0. The molecule has 0 saturated carbocycles. The lowest BCUT2D eigenvalue weighted by Gasteiger charge is -2.21. The average Bonchev–Trinajstić information content (AvgIpc) is 2.35. The second-order valence-electron chi connectivity index (χ2n) is 4.73. The summed E-state index contributed by atoms with van der Waals surface area (Å²) < 4.78 is 0. The minimum atomic E-state index is -0.814. The third kappa shape index (κ3) is 2.87. The zero-order valence-electron chi connectivity index (χ0n) is 11.2. The van der Waals surface area contributed by atoms with Gasteiger partial charge in [0, 0.05) is 0 Å². The molecule has 0 bridgehead atoms. The fourth-order valence-electron chi connectivity index (χ4n) is 2.17. The molecule has 94 valence electrons. The van der Waals surface area contributed by atoms with Crippen molar-refractivity contribution in [2.75, 3.05) is 0 Å². The number of hydrogen-bond donors (Lipinski definition) is 1. The Morgan fingerprint density at radius 2 is 1.76 bits per heavy atom. The highest BCUT2D eigenvalue weighted by Crippen LogP contribution is 2.32. The van der Waals surface area contributed by atoms with E-state index in [2.05, 4.69) is 33.8 Å². The molecule has 0 saturated heterocycles. The van der Waals surface area contributed by atoms with Crippen molar-refractivity contribution in [2.24, 2.45) is 0 Å². The molecule has 0 aliphatic heterocycles. The molecule has 1 aromatic carbocycles. The van der Waals surface area contributed by atoms with Crippen LogP contribution in [0, 0.1) is 0 Å². The van der Waals surface area contributed by atoms with E-state index in [1.54, 1.807) is 6.07 Å². The molecule has 1 rings (SSSR count). The lowest BCUT2D eigenvalue weighted by molar-refractivity contribution is 0.0695. The quantitative estimate of drug-likeness (QED) is 0.819. The second-order valence-corrected chi connectivity index (χ2v) is 4.73. The molecule has 0 heterocycles. The molecule has 1 aromatic rings. The summed E-state index contributed by atoms with van der Waals surface area (Å²) in [6.45, 7) is 8.50. The van der Waals surface area contributed by atoms with Crippen LogP contribution in [0.15, 0.2) is 18.2 Å². The molecule has 0 fully saturated rings. The minimum absolute atomic E-state index is 0.297. The van der Waals surface area contributed by atoms with Crippen molar-refractivity contribution in [3.8, 4) is 0 Å². The summed E-state index contributed by atoms with van der Waals surface area (Å²) >= 11 is 0. The fourth-order valence-corrected chi connectivity index (χ4v) is 2.17. The van der Waals surface area contributed by atoms with Crippen LogP contribution < -0.4 is 0 Å². The van der Waals surface area contributed by atoms with Gasteiger partial charge in [0.2, 0.25) is 0 Å². The number of aromatic carboxylic acids is 1. The van der Waals surface area contributed by atoms with Crippen molar-refractivity contribution in [1.29, 1.82) is 0 Å². The maximum atomic E-state index is 11.3. The van der Waals surface area contributed by atoms with Crippen molar-refractivity contribution in [2.45, 2.75) is 52.4 Å². The first-order valence-electron chi connectivity index (χ1n) is 6.38.